The highest BCUT2D eigenvalue weighted by molar-refractivity contribution is 6.30. The third-order valence-corrected chi connectivity index (χ3v) is 6.08. The number of hydrogen-bond donors (Lipinski definition) is 0. The molecule has 0 amide bonds. The average Bonchev–Trinajstić information content (AvgIpc) is 3.25. The van der Waals surface area contributed by atoms with Crippen LogP contribution in [0.3, 0.4) is 0 Å². The quantitative estimate of drug-likeness (QED) is 0.430. The minimum Gasteiger partial charge on any atom is -0.366 e. The van der Waals surface area contributed by atoms with Gasteiger partial charge in [0.1, 0.15) is 23.6 Å². The molecule has 5 rings (SSSR count). The summed E-state index contributed by atoms with van der Waals surface area (Å²) in [5.41, 5.74) is 0.579. The Bertz CT molecular complexity index is 1450. The van der Waals surface area contributed by atoms with E-state index in [1.54, 1.807) is 30.5 Å². The molecular weight excluding hydrogens is 463 g/mol. The lowest BCUT2D eigenvalue weighted by atomic mass is 10.1. The van der Waals surface area contributed by atoms with Gasteiger partial charge >= 0.3 is 0 Å². The van der Waals surface area contributed by atoms with Crippen LogP contribution in [-0.4, -0.2) is 44.4 Å². The fourth-order valence-corrected chi connectivity index (χ4v) is 4.36. The van der Waals surface area contributed by atoms with Gasteiger partial charge in [0.2, 0.25) is 11.7 Å². The number of nitrogens with zero attached hydrogens (tertiary/aromatic N) is 6. The molecule has 1 fully saturated rings. The molecule has 3 aromatic heterocycles. The summed E-state index contributed by atoms with van der Waals surface area (Å²) < 4.78 is 27.5. The number of fused-ring (bicyclic) bond motifs is 1. The molecule has 9 nitrogen and oxygen atoms in total. The summed E-state index contributed by atoms with van der Waals surface area (Å²) in [5, 5.41) is 4.49. The summed E-state index contributed by atoms with van der Waals surface area (Å²) in [6.07, 6.45) is -0.415. The first-order valence-corrected chi connectivity index (χ1v) is 11.3. The second kappa shape index (κ2) is 8.77. The van der Waals surface area contributed by atoms with Crippen LogP contribution in [0.2, 0.25) is 5.02 Å². The van der Waals surface area contributed by atoms with E-state index in [0.29, 0.717) is 55.1 Å². The van der Waals surface area contributed by atoms with Crippen molar-refractivity contribution in [3.63, 3.8) is 0 Å². The van der Waals surface area contributed by atoms with E-state index in [4.69, 9.17) is 25.8 Å². The number of pyridine rings is 1. The molecule has 0 N–H and O–H groups in total. The zero-order valence-corrected chi connectivity index (χ0v) is 19.6. The Labute approximate surface area is 199 Å². The van der Waals surface area contributed by atoms with Crippen LogP contribution < -0.4 is 10.5 Å². The fraction of sp³-hybridized carbons (Fsp3) is 0.348. The molecule has 1 unspecified atom stereocenters. The highest BCUT2D eigenvalue weighted by Gasteiger charge is 2.28. The van der Waals surface area contributed by atoms with Crippen LogP contribution in [0.25, 0.3) is 22.2 Å². The number of hydrogen-bond acceptors (Lipinski definition) is 8. The zero-order valence-electron chi connectivity index (χ0n) is 18.9. The first kappa shape index (κ1) is 22.4. The number of rotatable bonds is 4. The van der Waals surface area contributed by atoms with E-state index >= 15 is 4.39 Å². The number of aromatic nitrogens is 5. The molecule has 11 heteroatoms. The Hall–Kier alpha value is -3.37. The van der Waals surface area contributed by atoms with Gasteiger partial charge in [-0.1, -0.05) is 16.8 Å². The number of morpholine rings is 1. The Kier molecular flexibility index (Phi) is 5.78. The maximum absolute atomic E-state index is 15.0. The lowest BCUT2D eigenvalue weighted by molar-refractivity contribution is 0.0324. The van der Waals surface area contributed by atoms with E-state index < -0.39 is 11.9 Å². The summed E-state index contributed by atoms with van der Waals surface area (Å²) in [6.45, 7) is 7.15. The van der Waals surface area contributed by atoms with E-state index in [2.05, 4.69) is 15.1 Å². The molecule has 34 heavy (non-hydrogen) atoms. The van der Waals surface area contributed by atoms with Gasteiger partial charge in [-0.05, 0) is 32.0 Å². The van der Waals surface area contributed by atoms with Gasteiger partial charge in [-0.15, -0.1) is 0 Å². The Morgan fingerprint density at radius 1 is 1.21 bits per heavy atom. The minimum absolute atomic E-state index is 0.181. The largest absolute Gasteiger partial charge is 0.366 e. The molecule has 4 heterocycles. The van der Waals surface area contributed by atoms with Crippen molar-refractivity contribution < 1.29 is 13.7 Å². The average molecular weight is 485 g/mol. The first-order chi connectivity index (χ1) is 16.4. The van der Waals surface area contributed by atoms with Crippen molar-refractivity contribution in [1.82, 2.24) is 24.7 Å². The van der Waals surface area contributed by atoms with Gasteiger partial charge in [0.05, 0.1) is 29.7 Å². The molecule has 1 aliphatic heterocycles. The molecule has 176 valence electrons. The summed E-state index contributed by atoms with van der Waals surface area (Å²) >= 11 is 5.97. The molecule has 0 spiro atoms. The third-order valence-electron chi connectivity index (χ3n) is 5.84. The summed E-state index contributed by atoms with van der Waals surface area (Å²) in [7, 11) is 0. The van der Waals surface area contributed by atoms with Gasteiger partial charge in [-0.3, -0.25) is 9.36 Å². The second-order valence-corrected chi connectivity index (χ2v) is 8.47. The minimum atomic E-state index is -0.566. The van der Waals surface area contributed by atoms with Crippen LogP contribution in [0.15, 0.2) is 33.6 Å². The zero-order chi connectivity index (χ0) is 24.0. The predicted molar refractivity (Wildman–Crippen MR) is 125 cm³/mol. The van der Waals surface area contributed by atoms with E-state index in [1.165, 1.54) is 12.1 Å². The van der Waals surface area contributed by atoms with Crippen LogP contribution >= 0.6 is 11.6 Å². The first-order valence-electron chi connectivity index (χ1n) is 10.9. The lowest BCUT2D eigenvalue weighted by Crippen LogP contribution is -2.39. The molecule has 0 aliphatic carbocycles. The molecular formula is C23H22ClFN6O3. The molecule has 4 aromatic rings. The van der Waals surface area contributed by atoms with Crippen molar-refractivity contribution in [3.8, 4) is 11.3 Å². The Morgan fingerprint density at radius 2 is 2.03 bits per heavy atom. The van der Waals surface area contributed by atoms with Crippen molar-refractivity contribution in [2.45, 2.75) is 33.4 Å². The summed E-state index contributed by atoms with van der Waals surface area (Å²) in [6, 6.07) is 6.07. The highest BCUT2D eigenvalue weighted by atomic mass is 35.5. The molecule has 0 bridgehead atoms. The Balaban J connectivity index is 1.68. The number of ether oxygens (including phenoxy) is 1. The second-order valence-electron chi connectivity index (χ2n) is 8.03. The maximum Gasteiger partial charge on any atom is 0.263 e. The predicted octanol–water partition coefficient (Wildman–Crippen LogP) is 3.85. The topological polar surface area (TPSA) is 99.2 Å². The van der Waals surface area contributed by atoms with E-state index in [1.807, 2.05) is 11.8 Å². The molecule has 1 aromatic carbocycles. The highest BCUT2D eigenvalue weighted by Crippen LogP contribution is 2.32. The number of halogens is 2. The smallest absolute Gasteiger partial charge is 0.263 e. The third kappa shape index (κ3) is 3.92. The summed E-state index contributed by atoms with van der Waals surface area (Å²) in [4.78, 5) is 29.0. The van der Waals surface area contributed by atoms with Crippen molar-refractivity contribution in [3.05, 3.63) is 63.0 Å². The van der Waals surface area contributed by atoms with Crippen molar-refractivity contribution in [2.75, 3.05) is 24.6 Å². The van der Waals surface area contributed by atoms with Gasteiger partial charge in [-0.25, -0.2) is 14.4 Å². The lowest BCUT2D eigenvalue weighted by Gasteiger charge is -2.32. The van der Waals surface area contributed by atoms with Crippen LogP contribution in [0.4, 0.5) is 10.2 Å². The molecule has 1 atom stereocenters. The molecule has 0 radical (unpaired) electrons. The van der Waals surface area contributed by atoms with E-state index in [9.17, 15) is 4.79 Å². The van der Waals surface area contributed by atoms with Crippen molar-refractivity contribution >= 4 is 28.3 Å². The normalized spacial score (nSPS) is 16.4. The fourth-order valence-electron chi connectivity index (χ4n) is 4.20. The van der Waals surface area contributed by atoms with Gasteiger partial charge < -0.3 is 14.2 Å². The van der Waals surface area contributed by atoms with Crippen LogP contribution in [0.5, 0.6) is 0 Å². The van der Waals surface area contributed by atoms with Crippen LogP contribution in [0.1, 0.15) is 30.6 Å². The summed E-state index contributed by atoms with van der Waals surface area (Å²) in [5.74, 6) is 1.45. The standard InChI is InChI=1S/C23H22ClFN6O3/c1-4-31-12(2)26-17-10-19(30-7-8-33-18(11-30)22-27-13(3)34-29-22)28-21(20(17)23(31)32)15-6-5-14(24)9-16(15)25/h5-6,9-10,18H,4,7-8,11H2,1-3H3. The number of aryl methyl sites for hydroxylation is 2. The van der Waals surface area contributed by atoms with Crippen LogP contribution in [0, 0.1) is 19.7 Å². The molecule has 1 saturated heterocycles. The van der Waals surface area contributed by atoms with Crippen molar-refractivity contribution in [1.29, 1.82) is 0 Å². The molecule has 0 saturated carbocycles. The number of benzene rings is 1. The van der Waals surface area contributed by atoms with E-state index in [-0.39, 0.29) is 27.2 Å². The Morgan fingerprint density at radius 3 is 2.74 bits per heavy atom. The van der Waals surface area contributed by atoms with Gasteiger partial charge in [0.25, 0.3) is 5.56 Å². The SMILES string of the molecule is CCn1c(C)nc2cc(N3CCOC(c4noc(C)n4)C3)nc(-c3ccc(Cl)cc3F)c2c1=O. The number of anilines is 1. The monoisotopic (exact) mass is 484 g/mol. The van der Waals surface area contributed by atoms with E-state index in [0.717, 1.165) is 0 Å². The van der Waals surface area contributed by atoms with Crippen LogP contribution in [-0.2, 0) is 11.3 Å². The van der Waals surface area contributed by atoms with Crippen molar-refractivity contribution in [2.24, 2.45) is 0 Å². The van der Waals surface area contributed by atoms with Gasteiger partial charge in [-0.2, -0.15) is 4.98 Å². The molecule has 1 aliphatic rings. The maximum atomic E-state index is 15.0. The van der Waals surface area contributed by atoms with Gasteiger partial charge in [0.15, 0.2) is 0 Å². The van der Waals surface area contributed by atoms with Gasteiger partial charge in [0, 0.05) is 36.7 Å².